The van der Waals surface area contributed by atoms with Crippen molar-refractivity contribution in [2.75, 3.05) is 0 Å². The lowest BCUT2D eigenvalue weighted by Crippen LogP contribution is -2.25. The highest BCUT2D eigenvalue weighted by molar-refractivity contribution is 5.19. The number of rotatable bonds is 1. The van der Waals surface area contributed by atoms with Gasteiger partial charge in [-0.1, -0.05) is 24.3 Å². The first-order chi connectivity index (χ1) is 4.66. The first kappa shape index (κ1) is 7.55. The minimum absolute atomic E-state index is 0.706. The van der Waals surface area contributed by atoms with Crippen molar-refractivity contribution in [1.82, 2.24) is 0 Å². The van der Waals surface area contributed by atoms with Gasteiger partial charge in [-0.3, -0.25) is 0 Å². The Morgan fingerprint density at radius 3 is 2.90 bits per heavy atom. The third kappa shape index (κ3) is 1.48. The van der Waals surface area contributed by atoms with E-state index >= 15 is 0 Å². The molecule has 0 saturated carbocycles. The van der Waals surface area contributed by atoms with Crippen LogP contribution in [-0.2, 0) is 0 Å². The molecule has 1 aliphatic rings. The zero-order chi connectivity index (χ0) is 7.61. The number of allylic oxidation sites excluding steroid dienone is 1. The van der Waals surface area contributed by atoms with Gasteiger partial charge >= 0.3 is 0 Å². The normalized spacial score (nSPS) is 33.2. The SMILES string of the molecule is C=C[C@@]1(O)C=C(C)CCC1. The molecule has 0 saturated heterocycles. The van der Waals surface area contributed by atoms with Crippen molar-refractivity contribution >= 4 is 0 Å². The van der Waals surface area contributed by atoms with Crippen LogP contribution in [0.2, 0.25) is 0 Å². The van der Waals surface area contributed by atoms with Crippen LogP contribution in [0.3, 0.4) is 0 Å². The predicted molar refractivity (Wildman–Crippen MR) is 42.8 cm³/mol. The van der Waals surface area contributed by atoms with Gasteiger partial charge in [0.05, 0.1) is 0 Å². The van der Waals surface area contributed by atoms with Crippen LogP contribution in [0.15, 0.2) is 24.3 Å². The van der Waals surface area contributed by atoms with Crippen LogP contribution in [0, 0.1) is 0 Å². The second-order valence-corrected chi connectivity index (χ2v) is 3.04. The fourth-order valence-electron chi connectivity index (χ4n) is 1.38. The molecule has 0 bridgehead atoms. The predicted octanol–water partition coefficient (Wildman–Crippen LogP) is 2.03. The second-order valence-electron chi connectivity index (χ2n) is 3.04. The van der Waals surface area contributed by atoms with E-state index in [-0.39, 0.29) is 0 Å². The number of hydrogen-bond acceptors (Lipinski definition) is 1. The Balaban J connectivity index is 2.78. The van der Waals surface area contributed by atoms with E-state index in [1.54, 1.807) is 6.08 Å². The molecule has 56 valence electrons. The summed E-state index contributed by atoms with van der Waals surface area (Å²) in [6.07, 6.45) is 6.55. The summed E-state index contributed by atoms with van der Waals surface area (Å²) in [5.74, 6) is 0. The van der Waals surface area contributed by atoms with Gasteiger partial charge in [0, 0.05) is 0 Å². The van der Waals surface area contributed by atoms with Gasteiger partial charge in [0.1, 0.15) is 5.60 Å². The van der Waals surface area contributed by atoms with Crippen LogP contribution >= 0.6 is 0 Å². The van der Waals surface area contributed by atoms with E-state index in [0.717, 1.165) is 19.3 Å². The van der Waals surface area contributed by atoms with E-state index < -0.39 is 5.60 Å². The molecule has 1 nitrogen and oxygen atoms in total. The van der Waals surface area contributed by atoms with Crippen LogP contribution in [0.4, 0.5) is 0 Å². The summed E-state index contributed by atoms with van der Waals surface area (Å²) in [6.45, 7) is 5.65. The molecule has 1 N–H and O–H groups in total. The fraction of sp³-hybridized carbons (Fsp3) is 0.556. The Morgan fingerprint density at radius 2 is 2.50 bits per heavy atom. The van der Waals surface area contributed by atoms with E-state index in [1.807, 2.05) is 13.0 Å². The molecule has 1 aliphatic carbocycles. The molecule has 0 heterocycles. The van der Waals surface area contributed by atoms with Crippen molar-refractivity contribution in [2.24, 2.45) is 0 Å². The highest BCUT2D eigenvalue weighted by atomic mass is 16.3. The maximum atomic E-state index is 9.66. The summed E-state index contributed by atoms with van der Waals surface area (Å²) in [6, 6.07) is 0. The highest BCUT2D eigenvalue weighted by Gasteiger charge is 2.22. The topological polar surface area (TPSA) is 20.2 Å². The molecule has 0 spiro atoms. The molecule has 1 rings (SSSR count). The molecular formula is C9H14O. The third-order valence-corrected chi connectivity index (χ3v) is 2.00. The minimum Gasteiger partial charge on any atom is -0.382 e. The molecular weight excluding hydrogens is 124 g/mol. The monoisotopic (exact) mass is 138 g/mol. The van der Waals surface area contributed by atoms with Crippen LogP contribution < -0.4 is 0 Å². The lowest BCUT2D eigenvalue weighted by Gasteiger charge is -2.25. The Kier molecular flexibility index (Phi) is 1.95. The highest BCUT2D eigenvalue weighted by Crippen LogP contribution is 2.26. The summed E-state index contributed by atoms with van der Waals surface area (Å²) in [5.41, 5.74) is 0.566. The Morgan fingerprint density at radius 1 is 1.80 bits per heavy atom. The molecule has 0 aromatic heterocycles. The Hall–Kier alpha value is -0.560. The standard InChI is InChI=1S/C9H14O/c1-3-9(10)6-4-5-8(2)7-9/h3,7,10H,1,4-6H2,2H3/t9-/m0/s1. The summed E-state index contributed by atoms with van der Waals surface area (Å²) in [4.78, 5) is 0. The van der Waals surface area contributed by atoms with Gasteiger partial charge in [-0.2, -0.15) is 0 Å². The summed E-state index contributed by atoms with van der Waals surface area (Å²) in [5, 5.41) is 9.66. The molecule has 0 radical (unpaired) electrons. The smallest absolute Gasteiger partial charge is 0.101 e. The molecule has 0 fully saturated rings. The molecule has 0 amide bonds. The zero-order valence-corrected chi connectivity index (χ0v) is 6.43. The van der Waals surface area contributed by atoms with Gasteiger partial charge in [-0.05, 0) is 26.2 Å². The largest absolute Gasteiger partial charge is 0.382 e. The van der Waals surface area contributed by atoms with Gasteiger partial charge in [0.2, 0.25) is 0 Å². The second kappa shape index (κ2) is 2.59. The summed E-state index contributed by atoms with van der Waals surface area (Å²) < 4.78 is 0. The fourth-order valence-corrected chi connectivity index (χ4v) is 1.38. The van der Waals surface area contributed by atoms with Gasteiger partial charge in [-0.25, -0.2) is 0 Å². The Labute approximate surface area is 62.1 Å². The maximum absolute atomic E-state index is 9.66. The molecule has 0 aromatic rings. The number of hydrogen-bond donors (Lipinski definition) is 1. The molecule has 0 aromatic carbocycles. The van der Waals surface area contributed by atoms with Crippen molar-refractivity contribution in [3.8, 4) is 0 Å². The van der Waals surface area contributed by atoms with E-state index in [2.05, 4.69) is 6.58 Å². The first-order valence-corrected chi connectivity index (χ1v) is 3.70. The average Bonchev–Trinajstić information content (AvgIpc) is 1.88. The quantitative estimate of drug-likeness (QED) is 0.550. The van der Waals surface area contributed by atoms with Crippen LogP contribution in [0.5, 0.6) is 0 Å². The lowest BCUT2D eigenvalue weighted by atomic mass is 9.87. The van der Waals surface area contributed by atoms with Crippen LogP contribution in [0.25, 0.3) is 0 Å². The minimum atomic E-state index is -0.706. The van der Waals surface area contributed by atoms with Crippen molar-refractivity contribution in [3.63, 3.8) is 0 Å². The lowest BCUT2D eigenvalue weighted by molar-refractivity contribution is 0.123. The van der Waals surface area contributed by atoms with Crippen molar-refractivity contribution in [3.05, 3.63) is 24.3 Å². The van der Waals surface area contributed by atoms with Gasteiger partial charge in [0.25, 0.3) is 0 Å². The summed E-state index contributed by atoms with van der Waals surface area (Å²) >= 11 is 0. The molecule has 0 aliphatic heterocycles. The Bertz CT molecular complexity index is 170. The third-order valence-electron chi connectivity index (χ3n) is 2.00. The van der Waals surface area contributed by atoms with Crippen molar-refractivity contribution in [2.45, 2.75) is 31.8 Å². The van der Waals surface area contributed by atoms with Gasteiger partial charge in [-0.15, -0.1) is 0 Å². The molecule has 0 unspecified atom stereocenters. The van der Waals surface area contributed by atoms with E-state index in [4.69, 9.17) is 0 Å². The van der Waals surface area contributed by atoms with E-state index in [0.29, 0.717) is 0 Å². The molecule has 10 heavy (non-hydrogen) atoms. The van der Waals surface area contributed by atoms with Crippen LogP contribution in [-0.4, -0.2) is 10.7 Å². The van der Waals surface area contributed by atoms with E-state index in [1.165, 1.54) is 5.57 Å². The van der Waals surface area contributed by atoms with Crippen molar-refractivity contribution < 1.29 is 5.11 Å². The zero-order valence-electron chi connectivity index (χ0n) is 6.43. The first-order valence-electron chi connectivity index (χ1n) is 3.70. The van der Waals surface area contributed by atoms with Gasteiger partial charge < -0.3 is 5.11 Å². The van der Waals surface area contributed by atoms with E-state index in [9.17, 15) is 5.11 Å². The summed E-state index contributed by atoms with van der Waals surface area (Å²) in [7, 11) is 0. The maximum Gasteiger partial charge on any atom is 0.101 e. The van der Waals surface area contributed by atoms with Gasteiger partial charge in [0.15, 0.2) is 0 Å². The average molecular weight is 138 g/mol. The number of aliphatic hydroxyl groups is 1. The van der Waals surface area contributed by atoms with Crippen LogP contribution in [0.1, 0.15) is 26.2 Å². The molecule has 1 atom stereocenters. The molecule has 1 heteroatoms. The van der Waals surface area contributed by atoms with Crippen molar-refractivity contribution in [1.29, 1.82) is 0 Å².